The zero-order valence-electron chi connectivity index (χ0n) is 16.2. The van der Waals surface area contributed by atoms with Crippen LogP contribution < -0.4 is 10.0 Å². The first-order chi connectivity index (χ1) is 12.3. The first-order valence-corrected chi connectivity index (χ1v) is 11.2. The Hall–Kier alpha value is -1.40. The van der Waals surface area contributed by atoms with Crippen molar-refractivity contribution < 1.29 is 13.2 Å². The quantitative estimate of drug-likeness (QED) is 0.789. The van der Waals surface area contributed by atoms with E-state index in [1.165, 1.54) is 25.3 Å². The summed E-state index contributed by atoms with van der Waals surface area (Å²) >= 11 is 0. The van der Waals surface area contributed by atoms with Crippen molar-refractivity contribution in [3.63, 3.8) is 0 Å². The lowest BCUT2D eigenvalue weighted by Gasteiger charge is -2.21. The first-order valence-electron chi connectivity index (χ1n) is 9.71. The summed E-state index contributed by atoms with van der Waals surface area (Å²) in [6.07, 6.45) is 7.46. The third kappa shape index (κ3) is 6.09. The molecule has 0 heterocycles. The van der Waals surface area contributed by atoms with Gasteiger partial charge in [-0.25, -0.2) is 13.1 Å². The fourth-order valence-electron chi connectivity index (χ4n) is 3.27. The molecule has 0 spiro atoms. The topological polar surface area (TPSA) is 75.3 Å². The zero-order chi connectivity index (χ0) is 19.2. The Morgan fingerprint density at radius 3 is 2.35 bits per heavy atom. The van der Waals surface area contributed by atoms with E-state index >= 15 is 0 Å². The Balaban J connectivity index is 2.15. The van der Waals surface area contributed by atoms with E-state index in [1.807, 2.05) is 20.8 Å². The second-order valence-electron chi connectivity index (χ2n) is 7.74. The van der Waals surface area contributed by atoms with Gasteiger partial charge in [0, 0.05) is 18.2 Å². The molecule has 1 amide bonds. The first kappa shape index (κ1) is 20.9. The van der Waals surface area contributed by atoms with Gasteiger partial charge < -0.3 is 5.32 Å². The minimum absolute atomic E-state index is 0.0141. The number of aryl methyl sites for hydroxylation is 1. The highest BCUT2D eigenvalue weighted by Crippen LogP contribution is 2.21. The summed E-state index contributed by atoms with van der Waals surface area (Å²) in [5.41, 5.74) is 1.20. The molecule has 2 N–H and O–H groups in total. The van der Waals surface area contributed by atoms with E-state index < -0.39 is 10.0 Å². The van der Waals surface area contributed by atoms with Crippen molar-refractivity contribution in [3.05, 3.63) is 29.3 Å². The van der Waals surface area contributed by atoms with Crippen molar-refractivity contribution >= 4 is 15.9 Å². The Labute approximate surface area is 158 Å². The highest BCUT2D eigenvalue weighted by atomic mass is 32.2. The SMILES string of the molecule is Cc1ccc(S(=O)(=O)NC2CCCCCCC2)cc1C(=O)NCC(C)C. The molecule has 1 aliphatic carbocycles. The molecule has 1 aromatic carbocycles. The Morgan fingerprint density at radius 2 is 1.73 bits per heavy atom. The van der Waals surface area contributed by atoms with Crippen LogP contribution >= 0.6 is 0 Å². The normalized spacial score (nSPS) is 16.9. The minimum Gasteiger partial charge on any atom is -0.352 e. The lowest BCUT2D eigenvalue weighted by Crippen LogP contribution is -2.35. The molecule has 0 aliphatic heterocycles. The van der Waals surface area contributed by atoms with Crippen molar-refractivity contribution in [2.75, 3.05) is 6.54 Å². The van der Waals surface area contributed by atoms with Crippen LogP contribution in [-0.2, 0) is 10.0 Å². The van der Waals surface area contributed by atoms with Gasteiger partial charge >= 0.3 is 0 Å². The summed E-state index contributed by atoms with van der Waals surface area (Å²) in [7, 11) is -3.62. The largest absolute Gasteiger partial charge is 0.352 e. The average Bonchev–Trinajstić information content (AvgIpc) is 2.55. The molecule has 1 aromatic rings. The predicted molar refractivity (Wildman–Crippen MR) is 105 cm³/mol. The van der Waals surface area contributed by atoms with Gasteiger partial charge in [0.25, 0.3) is 5.91 Å². The molecule has 1 saturated carbocycles. The van der Waals surface area contributed by atoms with Crippen molar-refractivity contribution in [2.45, 2.75) is 76.7 Å². The highest BCUT2D eigenvalue weighted by molar-refractivity contribution is 7.89. The second-order valence-corrected chi connectivity index (χ2v) is 9.46. The summed E-state index contributed by atoms with van der Waals surface area (Å²) in [6, 6.07) is 4.77. The molecule has 0 saturated heterocycles. The molecule has 0 bridgehead atoms. The minimum atomic E-state index is -3.62. The summed E-state index contributed by atoms with van der Waals surface area (Å²) in [6.45, 7) is 6.43. The molecule has 2 rings (SSSR count). The maximum absolute atomic E-state index is 12.8. The highest BCUT2D eigenvalue weighted by Gasteiger charge is 2.22. The van der Waals surface area contributed by atoms with E-state index in [1.54, 1.807) is 12.1 Å². The van der Waals surface area contributed by atoms with Gasteiger partial charge in [-0.3, -0.25) is 4.79 Å². The van der Waals surface area contributed by atoms with Crippen LogP contribution in [0.5, 0.6) is 0 Å². The van der Waals surface area contributed by atoms with Gasteiger partial charge in [-0.05, 0) is 43.4 Å². The van der Waals surface area contributed by atoms with Crippen molar-refractivity contribution in [1.82, 2.24) is 10.0 Å². The number of sulfonamides is 1. The molecular formula is C20H32N2O3S. The third-order valence-electron chi connectivity index (χ3n) is 4.86. The Morgan fingerprint density at radius 1 is 1.12 bits per heavy atom. The lowest BCUT2D eigenvalue weighted by atomic mass is 9.97. The number of carbonyl (C=O) groups excluding carboxylic acids is 1. The predicted octanol–water partition coefficient (Wildman–Crippen LogP) is 3.77. The van der Waals surface area contributed by atoms with Crippen LogP contribution in [0.25, 0.3) is 0 Å². The maximum Gasteiger partial charge on any atom is 0.251 e. The van der Waals surface area contributed by atoms with E-state index in [0.29, 0.717) is 18.0 Å². The number of carbonyl (C=O) groups is 1. The van der Waals surface area contributed by atoms with Gasteiger partial charge in [0.2, 0.25) is 10.0 Å². The number of benzene rings is 1. The molecular weight excluding hydrogens is 348 g/mol. The fraction of sp³-hybridized carbons (Fsp3) is 0.650. The van der Waals surface area contributed by atoms with Crippen LogP contribution in [-0.4, -0.2) is 26.9 Å². The van der Waals surface area contributed by atoms with E-state index in [-0.39, 0.29) is 16.8 Å². The van der Waals surface area contributed by atoms with E-state index in [4.69, 9.17) is 0 Å². The molecule has 1 aliphatic rings. The van der Waals surface area contributed by atoms with Gasteiger partial charge in [-0.1, -0.05) is 52.0 Å². The zero-order valence-corrected chi connectivity index (χ0v) is 17.0. The van der Waals surface area contributed by atoms with Gasteiger partial charge in [0.1, 0.15) is 0 Å². The molecule has 5 nitrogen and oxygen atoms in total. The van der Waals surface area contributed by atoms with E-state index in [0.717, 1.165) is 31.2 Å². The van der Waals surface area contributed by atoms with Crippen molar-refractivity contribution in [1.29, 1.82) is 0 Å². The lowest BCUT2D eigenvalue weighted by molar-refractivity contribution is 0.0948. The molecule has 0 unspecified atom stereocenters. The molecule has 1 fully saturated rings. The summed E-state index contributed by atoms with van der Waals surface area (Å²) < 4.78 is 28.5. The molecule has 0 atom stereocenters. The maximum atomic E-state index is 12.8. The monoisotopic (exact) mass is 380 g/mol. The van der Waals surface area contributed by atoms with Gasteiger partial charge in [0.05, 0.1) is 4.90 Å². The van der Waals surface area contributed by atoms with E-state index in [9.17, 15) is 13.2 Å². The van der Waals surface area contributed by atoms with E-state index in [2.05, 4.69) is 10.0 Å². The van der Waals surface area contributed by atoms with Gasteiger partial charge in [0.15, 0.2) is 0 Å². The van der Waals surface area contributed by atoms with Crippen LogP contribution in [0, 0.1) is 12.8 Å². The van der Waals surface area contributed by atoms with Gasteiger partial charge in [-0.2, -0.15) is 0 Å². The van der Waals surface area contributed by atoms with Crippen LogP contribution in [0.1, 0.15) is 74.7 Å². The fourth-order valence-corrected chi connectivity index (χ4v) is 4.60. The van der Waals surface area contributed by atoms with Crippen LogP contribution in [0.4, 0.5) is 0 Å². The Kier molecular flexibility index (Phi) is 7.65. The summed E-state index contributed by atoms with van der Waals surface area (Å²) in [5, 5.41) is 2.86. The molecule has 0 radical (unpaired) electrons. The number of rotatable bonds is 6. The molecule has 146 valence electrons. The number of hydrogen-bond acceptors (Lipinski definition) is 3. The van der Waals surface area contributed by atoms with Crippen LogP contribution in [0.2, 0.25) is 0 Å². The summed E-state index contributed by atoms with van der Waals surface area (Å²) in [4.78, 5) is 12.6. The number of amides is 1. The molecule has 6 heteroatoms. The molecule has 0 aromatic heterocycles. The average molecular weight is 381 g/mol. The molecule has 26 heavy (non-hydrogen) atoms. The van der Waals surface area contributed by atoms with Gasteiger partial charge in [-0.15, -0.1) is 0 Å². The van der Waals surface area contributed by atoms with Crippen LogP contribution in [0.3, 0.4) is 0 Å². The third-order valence-corrected chi connectivity index (χ3v) is 6.38. The van der Waals surface area contributed by atoms with Crippen molar-refractivity contribution in [3.8, 4) is 0 Å². The second kappa shape index (κ2) is 9.51. The number of hydrogen-bond donors (Lipinski definition) is 2. The smallest absolute Gasteiger partial charge is 0.251 e. The summed E-state index contributed by atoms with van der Waals surface area (Å²) in [5.74, 6) is 0.117. The standard InChI is InChI=1S/C20H32N2O3S/c1-15(2)14-21-20(23)19-13-18(12-11-16(19)3)26(24,25)22-17-9-7-5-4-6-8-10-17/h11-13,15,17,22H,4-10,14H2,1-3H3,(H,21,23). The van der Waals surface area contributed by atoms with Crippen molar-refractivity contribution in [2.24, 2.45) is 5.92 Å². The Bertz CT molecular complexity index is 706. The van der Waals surface area contributed by atoms with Crippen LogP contribution in [0.15, 0.2) is 23.1 Å². The number of nitrogens with one attached hydrogen (secondary N) is 2.